The molecule has 1 saturated heterocycles. The van der Waals surface area contributed by atoms with Gasteiger partial charge in [-0.2, -0.15) is 0 Å². The summed E-state index contributed by atoms with van der Waals surface area (Å²) in [4.78, 5) is 19.8. The van der Waals surface area contributed by atoms with Gasteiger partial charge in [-0.1, -0.05) is 42.5 Å². The largest absolute Gasteiger partial charge is 0.347 e. The number of thiophene rings is 2. The lowest BCUT2D eigenvalue weighted by Crippen LogP contribution is -2.52. The molecule has 0 aliphatic carbocycles. The van der Waals surface area contributed by atoms with Gasteiger partial charge in [-0.05, 0) is 35.4 Å². The van der Waals surface area contributed by atoms with Crippen LogP contribution in [0.2, 0.25) is 0 Å². The average molecular weight is 426 g/mol. The second kappa shape index (κ2) is 9.67. The molecule has 0 bridgehead atoms. The molecule has 2 aromatic heterocycles. The second-order valence-corrected chi connectivity index (χ2v) is 9.42. The molecule has 29 heavy (non-hydrogen) atoms. The molecule has 3 aromatic rings. The Labute approximate surface area is 180 Å². The number of nitrogens with zero attached hydrogens (tertiary/aromatic N) is 2. The summed E-state index contributed by atoms with van der Waals surface area (Å²) in [5.41, 5.74) is 1.37. The van der Waals surface area contributed by atoms with Gasteiger partial charge in [-0.15, -0.1) is 22.7 Å². The van der Waals surface area contributed by atoms with E-state index in [4.69, 9.17) is 0 Å². The van der Waals surface area contributed by atoms with E-state index in [2.05, 4.69) is 69.9 Å². The molecule has 0 saturated carbocycles. The van der Waals surface area contributed by atoms with Gasteiger partial charge in [-0.3, -0.25) is 14.6 Å². The molecular weight excluding hydrogens is 398 g/mol. The third-order valence-electron chi connectivity index (χ3n) is 5.46. The molecule has 0 spiro atoms. The van der Waals surface area contributed by atoms with Crippen LogP contribution in [0.5, 0.6) is 0 Å². The zero-order valence-corrected chi connectivity index (χ0v) is 18.3. The van der Waals surface area contributed by atoms with Crippen molar-refractivity contribution in [1.29, 1.82) is 0 Å². The molecule has 4 nitrogen and oxygen atoms in total. The van der Waals surface area contributed by atoms with Gasteiger partial charge in [-0.25, -0.2) is 0 Å². The summed E-state index contributed by atoms with van der Waals surface area (Å²) < 4.78 is 0. The van der Waals surface area contributed by atoms with Crippen LogP contribution in [0.25, 0.3) is 0 Å². The molecule has 6 heteroatoms. The highest BCUT2D eigenvalue weighted by molar-refractivity contribution is 7.12. The first-order valence-corrected chi connectivity index (χ1v) is 11.8. The minimum atomic E-state index is 0.0248. The van der Waals surface area contributed by atoms with Gasteiger partial charge in [0.2, 0.25) is 0 Å². The van der Waals surface area contributed by atoms with Crippen molar-refractivity contribution in [3.05, 3.63) is 80.7 Å². The van der Waals surface area contributed by atoms with E-state index in [-0.39, 0.29) is 18.0 Å². The fourth-order valence-electron chi connectivity index (χ4n) is 4.01. The van der Waals surface area contributed by atoms with Crippen molar-refractivity contribution in [2.75, 3.05) is 26.2 Å². The molecule has 1 aromatic carbocycles. The van der Waals surface area contributed by atoms with E-state index >= 15 is 0 Å². The summed E-state index contributed by atoms with van der Waals surface area (Å²) in [6.07, 6.45) is 0. The quantitative estimate of drug-likeness (QED) is 0.606. The van der Waals surface area contributed by atoms with Gasteiger partial charge < -0.3 is 5.32 Å². The van der Waals surface area contributed by atoms with Crippen molar-refractivity contribution in [3.63, 3.8) is 0 Å². The van der Waals surface area contributed by atoms with Crippen LogP contribution in [0, 0.1) is 0 Å². The molecule has 0 radical (unpaired) electrons. The monoisotopic (exact) mass is 425 g/mol. The topological polar surface area (TPSA) is 35.6 Å². The summed E-state index contributed by atoms with van der Waals surface area (Å²) in [6.45, 7) is 7.24. The average Bonchev–Trinajstić information content (AvgIpc) is 3.45. The molecule has 152 valence electrons. The van der Waals surface area contributed by atoms with Crippen molar-refractivity contribution < 1.29 is 4.79 Å². The lowest BCUT2D eigenvalue weighted by molar-refractivity contribution is 0.0716. The van der Waals surface area contributed by atoms with E-state index in [1.807, 2.05) is 17.5 Å². The minimum absolute atomic E-state index is 0.0248. The molecular formula is C23H27N3OS2. The zero-order valence-electron chi connectivity index (χ0n) is 16.7. The highest BCUT2D eigenvalue weighted by Crippen LogP contribution is 2.30. The number of amides is 1. The lowest BCUT2D eigenvalue weighted by atomic mass is 10.0. The van der Waals surface area contributed by atoms with Crippen molar-refractivity contribution in [1.82, 2.24) is 15.1 Å². The first kappa shape index (κ1) is 20.3. The van der Waals surface area contributed by atoms with Crippen LogP contribution in [-0.4, -0.2) is 47.9 Å². The fraction of sp³-hybridized carbons (Fsp3) is 0.348. The summed E-state index contributed by atoms with van der Waals surface area (Å²) >= 11 is 3.27. The third-order valence-corrected chi connectivity index (χ3v) is 7.27. The Morgan fingerprint density at radius 1 is 0.966 bits per heavy atom. The highest BCUT2D eigenvalue weighted by atomic mass is 32.1. The first-order chi connectivity index (χ1) is 14.2. The number of nitrogens with one attached hydrogen (secondary N) is 1. The Morgan fingerprint density at radius 2 is 1.69 bits per heavy atom. The smallest absolute Gasteiger partial charge is 0.261 e. The van der Waals surface area contributed by atoms with E-state index < -0.39 is 0 Å². The van der Waals surface area contributed by atoms with Gasteiger partial charge in [0.1, 0.15) is 0 Å². The second-order valence-electron chi connectivity index (χ2n) is 7.50. The number of hydrogen-bond acceptors (Lipinski definition) is 5. The van der Waals surface area contributed by atoms with E-state index in [9.17, 15) is 4.79 Å². The van der Waals surface area contributed by atoms with Gasteiger partial charge in [0.25, 0.3) is 5.91 Å². The summed E-state index contributed by atoms with van der Waals surface area (Å²) in [5.74, 6) is 0.0248. The molecule has 1 aliphatic rings. The van der Waals surface area contributed by atoms with Crippen LogP contribution in [0.1, 0.15) is 33.1 Å². The van der Waals surface area contributed by atoms with Crippen LogP contribution in [-0.2, 0) is 6.54 Å². The maximum Gasteiger partial charge on any atom is 0.261 e. The van der Waals surface area contributed by atoms with Crippen molar-refractivity contribution in [2.24, 2.45) is 0 Å². The van der Waals surface area contributed by atoms with E-state index in [1.165, 1.54) is 21.8 Å². The molecule has 2 atom stereocenters. The van der Waals surface area contributed by atoms with Crippen LogP contribution in [0.15, 0.2) is 65.4 Å². The molecule has 3 heterocycles. The lowest BCUT2D eigenvalue weighted by Gasteiger charge is -2.41. The molecule has 1 fully saturated rings. The molecule has 1 amide bonds. The van der Waals surface area contributed by atoms with E-state index in [0.29, 0.717) is 0 Å². The van der Waals surface area contributed by atoms with Crippen molar-refractivity contribution in [3.8, 4) is 0 Å². The van der Waals surface area contributed by atoms with Gasteiger partial charge in [0.05, 0.1) is 10.9 Å². The predicted octanol–water partition coefficient (Wildman–Crippen LogP) is 4.49. The number of rotatable bonds is 7. The molecule has 0 unspecified atom stereocenters. The number of piperazine rings is 1. The Bertz CT molecular complexity index is 872. The summed E-state index contributed by atoms with van der Waals surface area (Å²) in [7, 11) is 0. The van der Waals surface area contributed by atoms with Gasteiger partial charge in [0.15, 0.2) is 0 Å². The minimum Gasteiger partial charge on any atom is -0.347 e. The third kappa shape index (κ3) is 5.14. The van der Waals surface area contributed by atoms with Crippen LogP contribution >= 0.6 is 22.7 Å². The maximum atomic E-state index is 12.6. The number of carbonyl (C=O) groups excluding carboxylic acids is 1. The fourth-order valence-corrected chi connectivity index (χ4v) is 5.60. The predicted molar refractivity (Wildman–Crippen MR) is 122 cm³/mol. The summed E-state index contributed by atoms with van der Waals surface area (Å²) in [5, 5.41) is 7.32. The van der Waals surface area contributed by atoms with Crippen LogP contribution in [0.3, 0.4) is 0 Å². The summed E-state index contributed by atoms with van der Waals surface area (Å²) in [6, 6.07) is 19.0. The Morgan fingerprint density at radius 3 is 2.34 bits per heavy atom. The normalized spacial score (nSPS) is 17.7. The van der Waals surface area contributed by atoms with E-state index in [0.717, 1.165) is 37.6 Å². The van der Waals surface area contributed by atoms with Crippen molar-refractivity contribution in [2.45, 2.75) is 25.6 Å². The van der Waals surface area contributed by atoms with Crippen LogP contribution < -0.4 is 5.32 Å². The SMILES string of the molecule is C[C@H](NC(=O)c1cccs1)[C@H](c1cccs1)N1CCN(Cc2ccccc2)CC1. The van der Waals surface area contributed by atoms with Gasteiger partial charge >= 0.3 is 0 Å². The molecule has 4 rings (SSSR count). The zero-order chi connectivity index (χ0) is 20.1. The molecule has 1 aliphatic heterocycles. The number of carbonyl (C=O) groups is 1. The standard InChI is InChI=1S/C23H27N3OS2/c1-18(24-23(27)21-10-6-16-29-21)22(20-9-5-15-28-20)26-13-11-25(12-14-26)17-19-7-3-2-4-8-19/h2-10,15-16,18,22H,11-14,17H2,1H3,(H,24,27)/t18-,22+/m0/s1. The Kier molecular flexibility index (Phi) is 6.77. The number of benzene rings is 1. The van der Waals surface area contributed by atoms with Crippen molar-refractivity contribution >= 4 is 28.6 Å². The van der Waals surface area contributed by atoms with E-state index in [1.54, 1.807) is 11.3 Å². The Hall–Kier alpha value is -1.99. The number of hydrogen-bond donors (Lipinski definition) is 1. The maximum absolute atomic E-state index is 12.6. The highest BCUT2D eigenvalue weighted by Gasteiger charge is 2.31. The van der Waals surface area contributed by atoms with Gasteiger partial charge in [0, 0.05) is 43.6 Å². The Balaban J connectivity index is 1.41. The first-order valence-electron chi connectivity index (χ1n) is 10.1. The molecule has 1 N–H and O–H groups in total. The van der Waals surface area contributed by atoms with Crippen LogP contribution in [0.4, 0.5) is 0 Å².